The van der Waals surface area contributed by atoms with Crippen LogP contribution in [0.15, 0.2) is 0 Å². The number of hydrogen-bond donors (Lipinski definition) is 0. The summed E-state index contributed by atoms with van der Waals surface area (Å²) in [7, 11) is 0. The average molecular weight is 304 g/mol. The molecule has 0 fully saturated rings. The predicted molar refractivity (Wildman–Crippen MR) is 73.4 cm³/mol. The molecule has 0 aromatic rings. The third-order valence-electron chi connectivity index (χ3n) is 2.61. The molecule has 0 unspecified atom stereocenters. The van der Waals surface area contributed by atoms with Crippen molar-refractivity contribution in [2.24, 2.45) is 11.8 Å². The maximum absolute atomic E-state index is 12.1. The van der Waals surface area contributed by atoms with Crippen molar-refractivity contribution in [2.75, 3.05) is 26.4 Å². The summed E-state index contributed by atoms with van der Waals surface area (Å²) in [4.78, 5) is 35.2. The molecule has 0 aromatic heterocycles. The van der Waals surface area contributed by atoms with Crippen molar-refractivity contribution < 1.29 is 33.3 Å². The smallest absolute Gasteiger partial charge is 0.317 e. The van der Waals surface area contributed by atoms with Crippen molar-refractivity contribution in [3.8, 4) is 0 Å². The third-order valence-corrected chi connectivity index (χ3v) is 2.61. The van der Waals surface area contributed by atoms with Gasteiger partial charge in [0, 0.05) is 13.2 Å². The SMILES string of the molecule is CCOC(=O)[C@H](C(OCC)OCC)[C@@H](C=O)C(=O)OCC. The molecule has 0 aliphatic carbocycles. The van der Waals surface area contributed by atoms with Crippen LogP contribution in [0.3, 0.4) is 0 Å². The minimum atomic E-state index is -1.33. The molecule has 7 nitrogen and oxygen atoms in total. The number of ether oxygens (including phenoxy) is 4. The maximum atomic E-state index is 12.1. The Labute approximate surface area is 124 Å². The average Bonchev–Trinajstić information content (AvgIpc) is 2.44. The molecule has 0 aliphatic heterocycles. The molecule has 0 aromatic carbocycles. The molecule has 2 atom stereocenters. The molecule has 0 aliphatic rings. The van der Waals surface area contributed by atoms with Gasteiger partial charge in [0.1, 0.15) is 18.1 Å². The van der Waals surface area contributed by atoms with Crippen LogP contribution in [0.1, 0.15) is 27.7 Å². The van der Waals surface area contributed by atoms with Gasteiger partial charge in [-0.3, -0.25) is 9.59 Å². The highest BCUT2D eigenvalue weighted by Gasteiger charge is 2.42. The third kappa shape index (κ3) is 6.22. The van der Waals surface area contributed by atoms with Crippen molar-refractivity contribution in [3.63, 3.8) is 0 Å². The first kappa shape index (κ1) is 19.5. The predicted octanol–water partition coefficient (Wildman–Crippen LogP) is 0.943. The summed E-state index contributed by atoms with van der Waals surface area (Å²) >= 11 is 0. The molecule has 0 spiro atoms. The van der Waals surface area contributed by atoms with E-state index >= 15 is 0 Å². The quantitative estimate of drug-likeness (QED) is 0.243. The van der Waals surface area contributed by atoms with Crippen molar-refractivity contribution in [1.82, 2.24) is 0 Å². The zero-order valence-electron chi connectivity index (χ0n) is 13.0. The first-order valence-electron chi connectivity index (χ1n) is 7.08. The van der Waals surface area contributed by atoms with Crippen molar-refractivity contribution in [3.05, 3.63) is 0 Å². The van der Waals surface area contributed by atoms with Crippen LogP contribution in [0.5, 0.6) is 0 Å². The topological polar surface area (TPSA) is 88.1 Å². The zero-order valence-corrected chi connectivity index (χ0v) is 13.0. The van der Waals surface area contributed by atoms with Gasteiger partial charge in [-0.15, -0.1) is 0 Å². The van der Waals surface area contributed by atoms with Gasteiger partial charge < -0.3 is 23.7 Å². The Bertz CT molecular complexity index is 323. The van der Waals surface area contributed by atoms with Crippen molar-refractivity contribution >= 4 is 18.2 Å². The second kappa shape index (κ2) is 11.2. The van der Waals surface area contributed by atoms with Gasteiger partial charge in [0.15, 0.2) is 6.29 Å². The van der Waals surface area contributed by atoms with E-state index < -0.39 is 30.1 Å². The molecule has 0 saturated heterocycles. The van der Waals surface area contributed by atoms with E-state index in [-0.39, 0.29) is 26.4 Å². The molecule has 0 rings (SSSR count). The molecule has 0 bridgehead atoms. The summed E-state index contributed by atoms with van der Waals surface area (Å²) in [6.45, 7) is 7.42. The Morgan fingerprint density at radius 3 is 1.71 bits per heavy atom. The van der Waals surface area contributed by atoms with Crippen molar-refractivity contribution in [2.45, 2.75) is 34.0 Å². The van der Waals surface area contributed by atoms with Crippen LogP contribution >= 0.6 is 0 Å². The van der Waals surface area contributed by atoms with Crippen molar-refractivity contribution in [1.29, 1.82) is 0 Å². The lowest BCUT2D eigenvalue weighted by molar-refractivity contribution is -0.201. The van der Waals surface area contributed by atoms with Crippen LogP contribution in [-0.2, 0) is 33.3 Å². The second-order valence-corrected chi connectivity index (χ2v) is 3.97. The highest BCUT2D eigenvalue weighted by Crippen LogP contribution is 2.22. The largest absolute Gasteiger partial charge is 0.466 e. The molecule has 122 valence electrons. The zero-order chi connectivity index (χ0) is 16.3. The van der Waals surface area contributed by atoms with Crippen LogP contribution in [0.25, 0.3) is 0 Å². The van der Waals surface area contributed by atoms with E-state index in [4.69, 9.17) is 18.9 Å². The highest BCUT2D eigenvalue weighted by atomic mass is 16.7. The maximum Gasteiger partial charge on any atom is 0.317 e. The molecule has 0 radical (unpaired) electrons. The lowest BCUT2D eigenvalue weighted by Crippen LogP contribution is -2.43. The first-order valence-corrected chi connectivity index (χ1v) is 7.08. The number of hydrogen-bond acceptors (Lipinski definition) is 7. The number of carbonyl (C=O) groups is 3. The molecule has 0 amide bonds. The standard InChI is InChI=1S/C14H24O7/c1-5-18-12(16)10(9-15)11(13(17)19-6-2)14(20-7-3)21-8-4/h9-11,14H,5-8H2,1-4H3/t10-,11-/m1/s1. The molecule has 21 heavy (non-hydrogen) atoms. The van der Waals surface area contributed by atoms with Crippen LogP contribution < -0.4 is 0 Å². The summed E-state index contributed by atoms with van der Waals surface area (Å²) in [5, 5.41) is 0. The summed E-state index contributed by atoms with van der Waals surface area (Å²) in [5.74, 6) is -4.04. The normalized spacial score (nSPS) is 13.6. The van der Waals surface area contributed by atoms with E-state index in [0.717, 1.165) is 0 Å². The van der Waals surface area contributed by atoms with Gasteiger partial charge in [-0.05, 0) is 27.7 Å². The summed E-state index contributed by atoms with van der Waals surface area (Å²) in [6.07, 6.45) is -0.677. The monoisotopic (exact) mass is 304 g/mol. The fourth-order valence-electron chi connectivity index (χ4n) is 1.77. The second-order valence-electron chi connectivity index (χ2n) is 3.97. The Morgan fingerprint density at radius 2 is 1.33 bits per heavy atom. The fraction of sp³-hybridized carbons (Fsp3) is 0.786. The summed E-state index contributed by atoms with van der Waals surface area (Å²) in [6, 6.07) is 0. The number of carbonyl (C=O) groups excluding carboxylic acids is 3. The van der Waals surface area contributed by atoms with E-state index in [1.807, 2.05) is 0 Å². The van der Waals surface area contributed by atoms with Gasteiger partial charge in [0.25, 0.3) is 0 Å². The van der Waals surface area contributed by atoms with Crippen LogP contribution in [-0.4, -0.2) is 50.9 Å². The number of aldehydes is 1. The van der Waals surface area contributed by atoms with Crippen LogP contribution in [0.2, 0.25) is 0 Å². The van der Waals surface area contributed by atoms with E-state index in [1.165, 1.54) is 0 Å². The number of esters is 2. The molecular formula is C14H24O7. The van der Waals surface area contributed by atoms with Gasteiger partial charge in [0.2, 0.25) is 0 Å². The number of rotatable bonds is 11. The van der Waals surface area contributed by atoms with E-state index in [0.29, 0.717) is 6.29 Å². The van der Waals surface area contributed by atoms with Gasteiger partial charge in [0.05, 0.1) is 13.2 Å². The Kier molecular flexibility index (Phi) is 10.4. The molecule has 0 N–H and O–H groups in total. The Hall–Kier alpha value is -1.47. The minimum Gasteiger partial charge on any atom is -0.466 e. The lowest BCUT2D eigenvalue weighted by Gasteiger charge is -2.27. The van der Waals surface area contributed by atoms with E-state index in [1.54, 1.807) is 27.7 Å². The Morgan fingerprint density at radius 1 is 0.857 bits per heavy atom. The van der Waals surface area contributed by atoms with E-state index in [9.17, 15) is 14.4 Å². The van der Waals surface area contributed by atoms with Crippen LogP contribution in [0.4, 0.5) is 0 Å². The van der Waals surface area contributed by atoms with Gasteiger partial charge in [-0.1, -0.05) is 0 Å². The van der Waals surface area contributed by atoms with Gasteiger partial charge in [-0.25, -0.2) is 0 Å². The van der Waals surface area contributed by atoms with Crippen LogP contribution in [0, 0.1) is 11.8 Å². The summed E-state index contributed by atoms with van der Waals surface area (Å²) in [5.41, 5.74) is 0. The minimum absolute atomic E-state index is 0.104. The van der Waals surface area contributed by atoms with E-state index in [2.05, 4.69) is 0 Å². The Balaban J connectivity index is 5.37. The summed E-state index contributed by atoms with van der Waals surface area (Å²) < 4.78 is 20.4. The fourth-order valence-corrected chi connectivity index (χ4v) is 1.77. The first-order chi connectivity index (χ1) is 10.1. The van der Waals surface area contributed by atoms with Gasteiger partial charge in [-0.2, -0.15) is 0 Å². The lowest BCUT2D eigenvalue weighted by atomic mass is 9.92. The van der Waals surface area contributed by atoms with Gasteiger partial charge >= 0.3 is 11.9 Å². The molecule has 7 heteroatoms. The molecule has 0 saturated carbocycles. The molecular weight excluding hydrogens is 280 g/mol. The highest BCUT2D eigenvalue weighted by molar-refractivity contribution is 5.93. The molecule has 0 heterocycles.